The summed E-state index contributed by atoms with van der Waals surface area (Å²) >= 11 is 5.95. The molecule has 7 heteroatoms. The Bertz CT molecular complexity index is 501. The standard InChI is InChI=1S/C11H17ClN6/c1-8(2)4-18-11(13-7-14-18)6-17-5-10(9(3)12)15-16-17/h5,7-9H,4,6H2,1-3H3. The topological polar surface area (TPSA) is 61.4 Å². The number of nitrogens with zero attached hydrogens (tertiary/aromatic N) is 6. The first-order valence-electron chi connectivity index (χ1n) is 5.97. The van der Waals surface area contributed by atoms with Crippen LogP contribution < -0.4 is 0 Å². The summed E-state index contributed by atoms with van der Waals surface area (Å²) < 4.78 is 3.63. The molecule has 0 aromatic carbocycles. The largest absolute Gasteiger partial charge is 0.248 e. The smallest absolute Gasteiger partial charge is 0.148 e. The molecule has 18 heavy (non-hydrogen) atoms. The average Bonchev–Trinajstić information content (AvgIpc) is 2.89. The van der Waals surface area contributed by atoms with Crippen molar-refractivity contribution < 1.29 is 0 Å². The SMILES string of the molecule is CC(C)Cn1ncnc1Cn1cc(C(C)Cl)nn1. The van der Waals surface area contributed by atoms with E-state index in [9.17, 15) is 0 Å². The zero-order valence-corrected chi connectivity index (χ0v) is 11.5. The predicted octanol–water partition coefficient (Wildman–Crippen LogP) is 1.87. The molecule has 98 valence electrons. The van der Waals surface area contributed by atoms with Gasteiger partial charge in [-0.2, -0.15) is 5.10 Å². The van der Waals surface area contributed by atoms with Crippen LogP contribution in [0.1, 0.15) is 37.7 Å². The molecule has 0 radical (unpaired) electrons. The van der Waals surface area contributed by atoms with E-state index >= 15 is 0 Å². The summed E-state index contributed by atoms with van der Waals surface area (Å²) in [6.07, 6.45) is 3.41. The molecular weight excluding hydrogens is 252 g/mol. The molecule has 0 bridgehead atoms. The van der Waals surface area contributed by atoms with Gasteiger partial charge in [-0.05, 0) is 12.8 Å². The van der Waals surface area contributed by atoms with Gasteiger partial charge >= 0.3 is 0 Å². The third-order valence-electron chi connectivity index (χ3n) is 2.50. The van der Waals surface area contributed by atoms with Crippen molar-refractivity contribution in [2.45, 2.75) is 39.2 Å². The minimum Gasteiger partial charge on any atom is -0.248 e. The van der Waals surface area contributed by atoms with Crippen LogP contribution in [-0.2, 0) is 13.1 Å². The van der Waals surface area contributed by atoms with E-state index < -0.39 is 0 Å². The van der Waals surface area contributed by atoms with Crippen molar-refractivity contribution in [1.29, 1.82) is 0 Å². The van der Waals surface area contributed by atoms with Gasteiger partial charge in [-0.25, -0.2) is 14.3 Å². The highest BCUT2D eigenvalue weighted by Gasteiger charge is 2.10. The lowest BCUT2D eigenvalue weighted by atomic mass is 10.2. The lowest BCUT2D eigenvalue weighted by molar-refractivity contribution is 0.455. The molecule has 1 unspecified atom stereocenters. The van der Waals surface area contributed by atoms with Crippen molar-refractivity contribution in [2.24, 2.45) is 5.92 Å². The first-order chi connectivity index (χ1) is 8.56. The van der Waals surface area contributed by atoms with Crippen molar-refractivity contribution in [2.75, 3.05) is 0 Å². The van der Waals surface area contributed by atoms with Crippen LogP contribution >= 0.6 is 11.6 Å². The van der Waals surface area contributed by atoms with Crippen molar-refractivity contribution in [3.63, 3.8) is 0 Å². The van der Waals surface area contributed by atoms with Crippen LogP contribution in [0.2, 0.25) is 0 Å². The summed E-state index contributed by atoms with van der Waals surface area (Å²) in [6, 6.07) is 0. The maximum absolute atomic E-state index is 5.95. The van der Waals surface area contributed by atoms with Crippen LogP contribution in [0.3, 0.4) is 0 Å². The fourth-order valence-electron chi connectivity index (χ4n) is 1.63. The Kier molecular flexibility index (Phi) is 3.96. The van der Waals surface area contributed by atoms with Crippen molar-refractivity contribution in [3.05, 3.63) is 24.0 Å². The van der Waals surface area contributed by atoms with Crippen molar-refractivity contribution >= 4 is 11.6 Å². The zero-order valence-electron chi connectivity index (χ0n) is 10.8. The molecule has 2 aromatic heterocycles. The second kappa shape index (κ2) is 5.48. The molecule has 0 aliphatic heterocycles. The Labute approximate surface area is 111 Å². The monoisotopic (exact) mass is 268 g/mol. The maximum Gasteiger partial charge on any atom is 0.148 e. The van der Waals surface area contributed by atoms with Crippen molar-refractivity contribution in [1.82, 2.24) is 29.8 Å². The van der Waals surface area contributed by atoms with Gasteiger partial charge in [-0.15, -0.1) is 16.7 Å². The molecule has 1 atom stereocenters. The van der Waals surface area contributed by atoms with E-state index in [1.54, 1.807) is 11.0 Å². The number of hydrogen-bond acceptors (Lipinski definition) is 4. The normalized spacial score (nSPS) is 13.2. The van der Waals surface area contributed by atoms with Crippen LogP contribution in [-0.4, -0.2) is 29.8 Å². The third kappa shape index (κ3) is 3.07. The van der Waals surface area contributed by atoms with E-state index in [1.165, 1.54) is 0 Å². The number of hydrogen-bond donors (Lipinski definition) is 0. The minimum absolute atomic E-state index is 0.132. The number of halogens is 1. The van der Waals surface area contributed by atoms with E-state index in [0.717, 1.165) is 18.1 Å². The molecule has 2 aromatic rings. The number of alkyl halides is 1. The quantitative estimate of drug-likeness (QED) is 0.777. The summed E-state index contributed by atoms with van der Waals surface area (Å²) in [7, 11) is 0. The molecule has 0 N–H and O–H groups in total. The van der Waals surface area contributed by atoms with E-state index in [2.05, 4.69) is 34.2 Å². The van der Waals surface area contributed by atoms with Gasteiger partial charge in [0, 0.05) is 6.54 Å². The van der Waals surface area contributed by atoms with Crippen molar-refractivity contribution in [3.8, 4) is 0 Å². The number of aromatic nitrogens is 6. The average molecular weight is 269 g/mol. The maximum atomic E-state index is 5.95. The van der Waals surface area contributed by atoms with Crippen LogP contribution in [0, 0.1) is 5.92 Å². The summed E-state index contributed by atoms with van der Waals surface area (Å²) in [5.41, 5.74) is 0.770. The lowest BCUT2D eigenvalue weighted by Crippen LogP contribution is -2.13. The second-order valence-corrected chi connectivity index (χ2v) is 5.36. The van der Waals surface area contributed by atoms with Gasteiger partial charge in [-0.3, -0.25) is 0 Å². The molecule has 2 heterocycles. The van der Waals surface area contributed by atoms with Gasteiger partial charge in [0.15, 0.2) is 0 Å². The van der Waals surface area contributed by atoms with E-state index in [4.69, 9.17) is 11.6 Å². The minimum atomic E-state index is -0.132. The van der Waals surface area contributed by atoms with E-state index in [-0.39, 0.29) is 5.38 Å². The third-order valence-corrected chi connectivity index (χ3v) is 2.72. The Morgan fingerprint density at radius 3 is 2.72 bits per heavy atom. The van der Waals surface area contributed by atoms with E-state index in [0.29, 0.717) is 12.5 Å². The Hall–Kier alpha value is -1.43. The summed E-state index contributed by atoms with van der Waals surface area (Å²) in [6.45, 7) is 7.58. The van der Waals surface area contributed by atoms with Gasteiger partial charge < -0.3 is 0 Å². The highest BCUT2D eigenvalue weighted by atomic mass is 35.5. The Balaban J connectivity index is 2.10. The second-order valence-electron chi connectivity index (χ2n) is 4.71. The van der Waals surface area contributed by atoms with Crippen LogP contribution in [0.25, 0.3) is 0 Å². The molecular formula is C11H17ClN6. The number of rotatable bonds is 5. The molecule has 0 fully saturated rings. The van der Waals surface area contributed by atoms with Gasteiger partial charge in [-0.1, -0.05) is 19.1 Å². The first-order valence-corrected chi connectivity index (χ1v) is 6.40. The summed E-state index contributed by atoms with van der Waals surface area (Å²) in [5, 5.41) is 12.1. The molecule has 0 aliphatic carbocycles. The Morgan fingerprint density at radius 2 is 2.11 bits per heavy atom. The zero-order chi connectivity index (χ0) is 13.1. The van der Waals surface area contributed by atoms with Gasteiger partial charge in [0.25, 0.3) is 0 Å². The van der Waals surface area contributed by atoms with Gasteiger partial charge in [0.2, 0.25) is 0 Å². The highest BCUT2D eigenvalue weighted by Crippen LogP contribution is 2.15. The molecule has 0 saturated heterocycles. The summed E-state index contributed by atoms with van der Waals surface area (Å²) in [5.74, 6) is 1.40. The van der Waals surface area contributed by atoms with Crippen LogP contribution in [0.4, 0.5) is 0 Å². The molecule has 0 aliphatic rings. The lowest BCUT2D eigenvalue weighted by Gasteiger charge is -2.07. The first kappa shape index (κ1) is 13.0. The highest BCUT2D eigenvalue weighted by molar-refractivity contribution is 6.20. The van der Waals surface area contributed by atoms with Crippen LogP contribution in [0.15, 0.2) is 12.5 Å². The van der Waals surface area contributed by atoms with Gasteiger partial charge in [0.1, 0.15) is 24.4 Å². The Morgan fingerprint density at radius 1 is 1.33 bits per heavy atom. The molecule has 0 spiro atoms. The predicted molar refractivity (Wildman–Crippen MR) is 68.3 cm³/mol. The molecule has 0 amide bonds. The van der Waals surface area contributed by atoms with E-state index in [1.807, 2.05) is 17.8 Å². The van der Waals surface area contributed by atoms with Gasteiger partial charge in [0.05, 0.1) is 11.6 Å². The molecule has 6 nitrogen and oxygen atoms in total. The fraction of sp³-hybridized carbons (Fsp3) is 0.636. The fourth-order valence-corrected chi connectivity index (χ4v) is 1.73. The molecule has 2 rings (SSSR count). The molecule has 0 saturated carbocycles. The summed E-state index contributed by atoms with van der Waals surface area (Å²) in [4.78, 5) is 4.25. The van der Waals surface area contributed by atoms with Crippen LogP contribution in [0.5, 0.6) is 0 Å².